The number of hydrogen-bond acceptors (Lipinski definition) is 1. The van der Waals surface area contributed by atoms with Crippen molar-refractivity contribution < 1.29 is 9.18 Å². The van der Waals surface area contributed by atoms with E-state index in [1.165, 1.54) is 12.1 Å². The molecule has 1 atom stereocenters. The number of amides is 1. The van der Waals surface area contributed by atoms with Crippen LogP contribution >= 0.6 is 0 Å². The molecule has 0 spiro atoms. The summed E-state index contributed by atoms with van der Waals surface area (Å²) in [6.07, 6.45) is 2.49. The number of carbonyl (C=O) groups is 1. The molecule has 2 N–H and O–H groups in total. The highest BCUT2D eigenvalue weighted by molar-refractivity contribution is 6.06. The number of carbonyl (C=O) groups excluding carboxylic acids is 1. The maximum atomic E-state index is 13.0. The molecule has 0 aliphatic heterocycles. The smallest absolute Gasteiger partial charge is 0.253 e. The third-order valence-electron chi connectivity index (χ3n) is 2.88. The first-order chi connectivity index (χ1) is 8.11. The summed E-state index contributed by atoms with van der Waals surface area (Å²) in [5, 5.41) is 3.63. The molecular weight excluding hydrogens is 219 g/mol. The molecule has 0 fully saturated rings. The van der Waals surface area contributed by atoms with Gasteiger partial charge in [-0.05, 0) is 31.5 Å². The molecule has 0 saturated heterocycles. The van der Waals surface area contributed by atoms with Gasteiger partial charge in [0.15, 0.2) is 0 Å². The van der Waals surface area contributed by atoms with Crippen LogP contribution < -0.4 is 5.32 Å². The number of hydrogen-bond donors (Lipinski definition) is 2. The Hall–Kier alpha value is -1.84. The van der Waals surface area contributed by atoms with Crippen LogP contribution in [0.15, 0.2) is 24.4 Å². The second-order valence-corrected chi connectivity index (χ2v) is 4.18. The van der Waals surface area contributed by atoms with Gasteiger partial charge in [0.1, 0.15) is 5.82 Å². The molecule has 0 saturated carbocycles. The SMILES string of the molecule is CCC(C)NC(=O)c1c[nH]c2cc(F)ccc12. The lowest BCUT2D eigenvalue weighted by atomic mass is 10.1. The quantitative estimate of drug-likeness (QED) is 0.842. The van der Waals surface area contributed by atoms with E-state index >= 15 is 0 Å². The van der Waals surface area contributed by atoms with E-state index in [2.05, 4.69) is 10.3 Å². The molecule has 1 unspecified atom stereocenters. The predicted molar refractivity (Wildman–Crippen MR) is 65.5 cm³/mol. The number of fused-ring (bicyclic) bond motifs is 1. The minimum Gasteiger partial charge on any atom is -0.360 e. The number of H-pyrrole nitrogens is 1. The second kappa shape index (κ2) is 4.57. The molecule has 0 aliphatic rings. The van der Waals surface area contributed by atoms with Crippen LogP contribution in [-0.2, 0) is 0 Å². The molecule has 17 heavy (non-hydrogen) atoms. The first-order valence-corrected chi connectivity index (χ1v) is 5.69. The topological polar surface area (TPSA) is 44.9 Å². The van der Waals surface area contributed by atoms with Crippen molar-refractivity contribution in [2.75, 3.05) is 0 Å². The lowest BCUT2D eigenvalue weighted by Crippen LogP contribution is -2.31. The van der Waals surface area contributed by atoms with E-state index in [0.717, 1.165) is 11.8 Å². The van der Waals surface area contributed by atoms with Gasteiger partial charge in [-0.3, -0.25) is 4.79 Å². The minimum atomic E-state index is -0.312. The lowest BCUT2D eigenvalue weighted by Gasteiger charge is -2.10. The Kier molecular flexibility index (Phi) is 3.13. The summed E-state index contributed by atoms with van der Waals surface area (Å²) >= 11 is 0. The monoisotopic (exact) mass is 234 g/mol. The molecule has 3 nitrogen and oxygen atoms in total. The largest absolute Gasteiger partial charge is 0.360 e. The average molecular weight is 234 g/mol. The highest BCUT2D eigenvalue weighted by Gasteiger charge is 2.13. The second-order valence-electron chi connectivity index (χ2n) is 4.18. The first kappa shape index (κ1) is 11.6. The van der Waals surface area contributed by atoms with E-state index in [0.29, 0.717) is 11.1 Å². The van der Waals surface area contributed by atoms with Crippen LogP contribution in [-0.4, -0.2) is 16.9 Å². The van der Waals surface area contributed by atoms with E-state index in [9.17, 15) is 9.18 Å². The van der Waals surface area contributed by atoms with Crippen molar-refractivity contribution in [1.82, 2.24) is 10.3 Å². The van der Waals surface area contributed by atoms with Crippen molar-refractivity contribution in [3.8, 4) is 0 Å². The third kappa shape index (κ3) is 2.30. The minimum absolute atomic E-state index is 0.128. The van der Waals surface area contributed by atoms with Crippen molar-refractivity contribution >= 4 is 16.8 Å². The van der Waals surface area contributed by atoms with Gasteiger partial charge >= 0.3 is 0 Å². The Bertz CT molecular complexity index is 547. The number of nitrogens with one attached hydrogen (secondary N) is 2. The zero-order chi connectivity index (χ0) is 12.4. The first-order valence-electron chi connectivity index (χ1n) is 5.69. The maximum absolute atomic E-state index is 13.0. The summed E-state index contributed by atoms with van der Waals surface area (Å²) in [5.41, 5.74) is 1.19. The molecular formula is C13H15FN2O. The highest BCUT2D eigenvalue weighted by atomic mass is 19.1. The number of aromatic nitrogens is 1. The fourth-order valence-corrected chi connectivity index (χ4v) is 1.69. The van der Waals surface area contributed by atoms with E-state index in [4.69, 9.17) is 0 Å². The molecule has 1 heterocycles. The van der Waals surface area contributed by atoms with Crippen LogP contribution in [0.3, 0.4) is 0 Å². The summed E-state index contributed by atoms with van der Waals surface area (Å²) in [5.74, 6) is -0.439. The molecule has 1 aromatic carbocycles. The normalized spacial score (nSPS) is 12.6. The molecule has 0 radical (unpaired) electrons. The van der Waals surface area contributed by atoms with Gasteiger partial charge in [0.05, 0.1) is 5.56 Å². The molecule has 4 heteroatoms. The van der Waals surface area contributed by atoms with Crippen LogP contribution in [0.1, 0.15) is 30.6 Å². The Balaban J connectivity index is 2.33. The predicted octanol–water partition coefficient (Wildman–Crippen LogP) is 2.84. The number of halogens is 1. The third-order valence-corrected chi connectivity index (χ3v) is 2.88. The Morgan fingerprint density at radius 2 is 2.29 bits per heavy atom. The summed E-state index contributed by atoms with van der Waals surface area (Å²) < 4.78 is 13.0. The number of aromatic amines is 1. The summed E-state index contributed by atoms with van der Waals surface area (Å²) in [4.78, 5) is 14.8. The molecule has 2 aromatic rings. The molecule has 1 aromatic heterocycles. The molecule has 0 bridgehead atoms. The van der Waals surface area contributed by atoms with Crippen LogP contribution in [0.25, 0.3) is 10.9 Å². The zero-order valence-electron chi connectivity index (χ0n) is 9.88. The standard InChI is InChI=1S/C13H15FN2O/c1-3-8(2)16-13(17)11-7-15-12-6-9(14)4-5-10(11)12/h4-8,15H,3H2,1-2H3,(H,16,17). The summed E-state index contributed by atoms with van der Waals surface area (Å²) in [6, 6.07) is 4.49. The Labute approximate surface area is 99.0 Å². The molecule has 2 rings (SSSR count). The van der Waals surface area contributed by atoms with Crippen LogP contribution in [0.5, 0.6) is 0 Å². The van der Waals surface area contributed by atoms with E-state index in [-0.39, 0.29) is 17.8 Å². The van der Waals surface area contributed by atoms with Gasteiger partial charge in [-0.2, -0.15) is 0 Å². The van der Waals surface area contributed by atoms with Gasteiger partial charge in [0.25, 0.3) is 5.91 Å². The van der Waals surface area contributed by atoms with E-state index in [1.54, 1.807) is 12.3 Å². The average Bonchev–Trinajstić information content (AvgIpc) is 2.71. The maximum Gasteiger partial charge on any atom is 0.253 e. The van der Waals surface area contributed by atoms with Gasteiger partial charge in [0, 0.05) is 23.1 Å². The highest BCUT2D eigenvalue weighted by Crippen LogP contribution is 2.19. The number of benzene rings is 1. The zero-order valence-corrected chi connectivity index (χ0v) is 9.88. The fraction of sp³-hybridized carbons (Fsp3) is 0.308. The molecule has 1 amide bonds. The summed E-state index contributed by atoms with van der Waals surface area (Å²) in [6.45, 7) is 3.96. The van der Waals surface area contributed by atoms with Gasteiger partial charge < -0.3 is 10.3 Å². The Morgan fingerprint density at radius 1 is 1.53 bits per heavy atom. The van der Waals surface area contributed by atoms with Gasteiger partial charge in [-0.25, -0.2) is 4.39 Å². The summed E-state index contributed by atoms with van der Waals surface area (Å²) in [7, 11) is 0. The van der Waals surface area contributed by atoms with E-state index in [1.807, 2.05) is 13.8 Å². The van der Waals surface area contributed by atoms with E-state index < -0.39 is 0 Å². The van der Waals surface area contributed by atoms with Crippen molar-refractivity contribution in [1.29, 1.82) is 0 Å². The van der Waals surface area contributed by atoms with Crippen LogP contribution in [0.4, 0.5) is 4.39 Å². The number of rotatable bonds is 3. The van der Waals surface area contributed by atoms with Crippen LogP contribution in [0.2, 0.25) is 0 Å². The van der Waals surface area contributed by atoms with Gasteiger partial charge in [0.2, 0.25) is 0 Å². The van der Waals surface area contributed by atoms with Crippen molar-refractivity contribution in [2.45, 2.75) is 26.3 Å². The fourth-order valence-electron chi connectivity index (χ4n) is 1.69. The van der Waals surface area contributed by atoms with Crippen LogP contribution in [0, 0.1) is 5.82 Å². The van der Waals surface area contributed by atoms with Crippen molar-refractivity contribution in [2.24, 2.45) is 0 Å². The lowest BCUT2D eigenvalue weighted by molar-refractivity contribution is 0.0941. The van der Waals surface area contributed by atoms with Gasteiger partial charge in [-0.15, -0.1) is 0 Å². The van der Waals surface area contributed by atoms with Gasteiger partial charge in [-0.1, -0.05) is 6.92 Å². The molecule has 0 aliphatic carbocycles. The Morgan fingerprint density at radius 3 is 3.00 bits per heavy atom. The van der Waals surface area contributed by atoms with Crippen molar-refractivity contribution in [3.05, 3.63) is 35.8 Å². The van der Waals surface area contributed by atoms with Crippen molar-refractivity contribution in [3.63, 3.8) is 0 Å². The molecule has 90 valence electrons.